The third kappa shape index (κ3) is 3.95. The molecule has 1 unspecified atom stereocenters. The van der Waals surface area contributed by atoms with E-state index in [1.54, 1.807) is 24.3 Å². The quantitative estimate of drug-likeness (QED) is 0.637. The minimum atomic E-state index is -0.657. The summed E-state index contributed by atoms with van der Waals surface area (Å²) in [6, 6.07) is 8.10. The molecule has 0 bridgehead atoms. The minimum absolute atomic E-state index is 0.170. The molecule has 1 aromatic carbocycles. The molecule has 1 N–H and O–H groups in total. The Labute approximate surface area is 106 Å². The van der Waals surface area contributed by atoms with Crippen LogP contribution in [0.2, 0.25) is 0 Å². The maximum absolute atomic E-state index is 12.2. The maximum Gasteiger partial charge on any atom is 0.407 e. The molecule has 0 fully saturated rings. The summed E-state index contributed by atoms with van der Waals surface area (Å²) in [7, 11) is 1.25. The molecule has 0 saturated carbocycles. The van der Waals surface area contributed by atoms with Crippen molar-refractivity contribution in [2.75, 3.05) is 7.11 Å². The third-order valence-corrected chi connectivity index (χ3v) is 2.43. The van der Waals surface area contributed by atoms with Crippen molar-refractivity contribution in [2.45, 2.75) is 18.9 Å². The first-order valence-electron chi connectivity index (χ1n) is 5.56. The largest absolute Gasteiger partial charge is 0.453 e. The van der Waals surface area contributed by atoms with Crippen LogP contribution in [0.15, 0.2) is 30.3 Å². The Morgan fingerprint density at radius 2 is 2.06 bits per heavy atom. The van der Waals surface area contributed by atoms with Gasteiger partial charge in [0.15, 0.2) is 5.78 Å². The molecule has 4 heteroatoms. The van der Waals surface area contributed by atoms with Gasteiger partial charge >= 0.3 is 6.09 Å². The zero-order chi connectivity index (χ0) is 13.4. The second-order valence-electron chi connectivity index (χ2n) is 3.66. The number of benzene rings is 1. The summed E-state index contributed by atoms with van der Waals surface area (Å²) in [6.07, 6.45) is 5.33. The van der Waals surface area contributed by atoms with Crippen LogP contribution in [0.1, 0.15) is 23.2 Å². The lowest BCUT2D eigenvalue weighted by atomic mass is 10.0. The first-order valence-corrected chi connectivity index (χ1v) is 5.56. The number of hydrogen-bond acceptors (Lipinski definition) is 3. The molecule has 18 heavy (non-hydrogen) atoms. The maximum atomic E-state index is 12.2. The molecule has 94 valence electrons. The molecule has 0 aromatic heterocycles. The highest BCUT2D eigenvalue weighted by Gasteiger charge is 2.21. The highest BCUT2D eigenvalue weighted by molar-refractivity contribution is 6.01. The molecule has 1 amide bonds. The fourth-order valence-corrected chi connectivity index (χ4v) is 1.50. The van der Waals surface area contributed by atoms with Gasteiger partial charge in [-0.2, -0.15) is 0 Å². The van der Waals surface area contributed by atoms with E-state index in [0.717, 1.165) is 0 Å². The molecule has 0 aliphatic rings. The number of amides is 1. The number of hydrogen-bond donors (Lipinski definition) is 1. The number of terminal acetylenes is 1. The van der Waals surface area contributed by atoms with Crippen LogP contribution in [0.5, 0.6) is 0 Å². The zero-order valence-electron chi connectivity index (χ0n) is 10.2. The normalized spacial score (nSPS) is 11.1. The SMILES string of the molecule is C#CCCC(NC(=O)OC)C(=O)c1ccccc1. The fourth-order valence-electron chi connectivity index (χ4n) is 1.50. The number of ketones is 1. The molecule has 4 nitrogen and oxygen atoms in total. The Bertz CT molecular complexity index is 448. The van der Waals surface area contributed by atoms with Crippen molar-refractivity contribution in [3.63, 3.8) is 0 Å². The standard InChI is InChI=1S/C14H15NO3/c1-3-4-10-12(15-14(17)18-2)13(16)11-8-6-5-7-9-11/h1,5-9,12H,4,10H2,2H3,(H,15,17). The van der Waals surface area contributed by atoms with Gasteiger partial charge in [0, 0.05) is 12.0 Å². The van der Waals surface area contributed by atoms with Crippen molar-refractivity contribution in [1.82, 2.24) is 5.32 Å². The lowest BCUT2D eigenvalue weighted by molar-refractivity contribution is 0.0927. The number of rotatable bonds is 5. The van der Waals surface area contributed by atoms with Gasteiger partial charge in [0.2, 0.25) is 0 Å². The molecule has 0 spiro atoms. The number of carbonyl (C=O) groups is 2. The number of nitrogens with one attached hydrogen (secondary N) is 1. The minimum Gasteiger partial charge on any atom is -0.453 e. The molecule has 1 aromatic rings. The van der Waals surface area contributed by atoms with Crippen LogP contribution in [-0.2, 0) is 4.74 Å². The van der Waals surface area contributed by atoms with Gasteiger partial charge in [0.05, 0.1) is 13.2 Å². The molecule has 0 aliphatic carbocycles. The highest BCUT2D eigenvalue weighted by atomic mass is 16.5. The van der Waals surface area contributed by atoms with Crippen LogP contribution in [0.4, 0.5) is 4.79 Å². The highest BCUT2D eigenvalue weighted by Crippen LogP contribution is 2.08. The molecule has 1 atom stereocenters. The number of Topliss-reactive ketones (excluding diaryl/α,β-unsaturated/α-hetero) is 1. The second-order valence-corrected chi connectivity index (χ2v) is 3.66. The van der Waals surface area contributed by atoms with Crippen molar-refractivity contribution in [3.05, 3.63) is 35.9 Å². The van der Waals surface area contributed by atoms with Crippen molar-refractivity contribution in [3.8, 4) is 12.3 Å². The Morgan fingerprint density at radius 3 is 2.61 bits per heavy atom. The summed E-state index contributed by atoms with van der Waals surface area (Å²) in [6.45, 7) is 0. The van der Waals surface area contributed by atoms with Gasteiger partial charge in [0.1, 0.15) is 0 Å². The lowest BCUT2D eigenvalue weighted by Gasteiger charge is -2.15. The number of alkyl carbamates (subject to hydrolysis) is 1. The molecular formula is C14H15NO3. The summed E-state index contributed by atoms with van der Waals surface area (Å²) in [5.41, 5.74) is 0.538. The van der Waals surface area contributed by atoms with E-state index in [-0.39, 0.29) is 5.78 Å². The van der Waals surface area contributed by atoms with Crippen molar-refractivity contribution < 1.29 is 14.3 Å². The van der Waals surface area contributed by atoms with Gasteiger partial charge in [-0.25, -0.2) is 4.79 Å². The Morgan fingerprint density at radius 1 is 1.39 bits per heavy atom. The summed E-state index contributed by atoms with van der Waals surface area (Å²) >= 11 is 0. The Balaban J connectivity index is 2.79. The molecular weight excluding hydrogens is 230 g/mol. The van der Waals surface area contributed by atoms with E-state index in [2.05, 4.69) is 16.0 Å². The van der Waals surface area contributed by atoms with E-state index >= 15 is 0 Å². The third-order valence-electron chi connectivity index (χ3n) is 2.43. The molecule has 0 saturated heterocycles. The van der Waals surface area contributed by atoms with Crippen molar-refractivity contribution in [1.29, 1.82) is 0 Å². The summed E-state index contributed by atoms with van der Waals surface area (Å²) < 4.78 is 4.49. The van der Waals surface area contributed by atoms with Gasteiger partial charge in [-0.15, -0.1) is 12.3 Å². The van der Waals surface area contributed by atoms with Crippen LogP contribution < -0.4 is 5.32 Å². The van der Waals surface area contributed by atoms with E-state index < -0.39 is 12.1 Å². The van der Waals surface area contributed by atoms with E-state index in [4.69, 9.17) is 6.42 Å². The number of carbonyl (C=O) groups excluding carboxylic acids is 2. The predicted molar refractivity (Wildman–Crippen MR) is 68.2 cm³/mol. The molecule has 0 radical (unpaired) electrons. The second kappa shape index (κ2) is 7.13. The van der Waals surface area contributed by atoms with Crippen molar-refractivity contribution in [2.24, 2.45) is 0 Å². The summed E-state index contributed by atoms with van der Waals surface area (Å²) in [4.78, 5) is 23.3. The topological polar surface area (TPSA) is 55.4 Å². The summed E-state index contributed by atoms with van der Waals surface area (Å²) in [5, 5.41) is 2.49. The van der Waals surface area contributed by atoms with E-state index in [1.165, 1.54) is 7.11 Å². The average Bonchev–Trinajstić information content (AvgIpc) is 2.43. The van der Waals surface area contributed by atoms with Crippen LogP contribution in [0.3, 0.4) is 0 Å². The monoisotopic (exact) mass is 245 g/mol. The van der Waals surface area contributed by atoms with Crippen LogP contribution in [0, 0.1) is 12.3 Å². The van der Waals surface area contributed by atoms with Crippen LogP contribution >= 0.6 is 0 Å². The predicted octanol–water partition coefficient (Wildman–Crippen LogP) is 2.01. The van der Waals surface area contributed by atoms with Gasteiger partial charge in [-0.3, -0.25) is 4.79 Å². The fraction of sp³-hybridized carbons (Fsp3) is 0.286. The molecule has 0 heterocycles. The van der Waals surface area contributed by atoms with Gasteiger partial charge in [-0.05, 0) is 6.42 Å². The molecule has 1 rings (SSSR count). The first kappa shape index (κ1) is 13.8. The molecule has 0 aliphatic heterocycles. The van der Waals surface area contributed by atoms with Gasteiger partial charge in [0.25, 0.3) is 0 Å². The zero-order valence-corrected chi connectivity index (χ0v) is 10.2. The van der Waals surface area contributed by atoms with Crippen LogP contribution in [0.25, 0.3) is 0 Å². The average molecular weight is 245 g/mol. The van der Waals surface area contributed by atoms with E-state index in [9.17, 15) is 9.59 Å². The van der Waals surface area contributed by atoms with Crippen LogP contribution in [-0.4, -0.2) is 25.0 Å². The van der Waals surface area contributed by atoms with E-state index in [0.29, 0.717) is 18.4 Å². The Kier molecular flexibility index (Phi) is 5.46. The first-order chi connectivity index (χ1) is 8.69. The van der Waals surface area contributed by atoms with E-state index in [1.807, 2.05) is 6.07 Å². The van der Waals surface area contributed by atoms with Crippen molar-refractivity contribution >= 4 is 11.9 Å². The lowest BCUT2D eigenvalue weighted by Crippen LogP contribution is -2.40. The number of methoxy groups -OCH3 is 1. The van der Waals surface area contributed by atoms with Gasteiger partial charge < -0.3 is 10.1 Å². The smallest absolute Gasteiger partial charge is 0.407 e. The number of ether oxygens (including phenoxy) is 1. The Hall–Kier alpha value is -2.28. The van der Waals surface area contributed by atoms with Gasteiger partial charge in [-0.1, -0.05) is 30.3 Å². The summed E-state index contributed by atoms with van der Waals surface area (Å²) in [5.74, 6) is 2.28.